The largest absolute Gasteiger partial charge is 0.488 e. The van der Waals surface area contributed by atoms with Crippen molar-refractivity contribution in [3.05, 3.63) is 48.0 Å². The molecule has 4 rings (SSSR count). The average molecular weight is 697 g/mol. The van der Waals surface area contributed by atoms with E-state index in [1.54, 1.807) is 23.2 Å². The summed E-state index contributed by atoms with van der Waals surface area (Å²) in [5.74, 6) is 3.34. The Morgan fingerprint density at radius 3 is 1.42 bits per heavy atom. The normalized spacial score (nSPS) is 15.7. The molecule has 2 amide bonds. The van der Waals surface area contributed by atoms with Crippen molar-refractivity contribution >= 4 is 12.2 Å². The third-order valence-corrected chi connectivity index (χ3v) is 5.83. The minimum absolute atomic E-state index is 0.0217. The molecule has 2 aliphatic heterocycles. The topological polar surface area (TPSA) is 162 Å². The van der Waals surface area contributed by atoms with Crippen LogP contribution in [0, 0.1) is 40.4 Å². The molecule has 2 aromatic heterocycles. The first-order chi connectivity index (χ1) is 23.3. The van der Waals surface area contributed by atoms with Crippen LogP contribution in [0.5, 0.6) is 11.5 Å². The number of nitriles is 2. The molecule has 12 heteroatoms. The van der Waals surface area contributed by atoms with Crippen LogP contribution in [0.3, 0.4) is 0 Å². The Morgan fingerprint density at radius 1 is 0.780 bits per heavy atom. The van der Waals surface area contributed by atoms with E-state index in [9.17, 15) is 9.59 Å². The molecule has 4 heterocycles. The third kappa shape index (κ3) is 20.1. The number of hydrogen-bond donors (Lipinski definition) is 1. The Hall–Kier alpha value is -4.58. The van der Waals surface area contributed by atoms with Crippen LogP contribution >= 0.6 is 0 Å². The highest BCUT2D eigenvalue weighted by molar-refractivity contribution is 5.69. The quantitative estimate of drug-likeness (QED) is 0.310. The van der Waals surface area contributed by atoms with Crippen LogP contribution in [-0.4, -0.2) is 81.0 Å². The zero-order valence-electron chi connectivity index (χ0n) is 32.3. The Morgan fingerprint density at radius 2 is 1.14 bits per heavy atom. The van der Waals surface area contributed by atoms with E-state index in [1.807, 2.05) is 26.8 Å². The molecule has 50 heavy (non-hydrogen) atoms. The van der Waals surface area contributed by atoms with Crippen LogP contribution in [0.15, 0.2) is 36.9 Å². The molecule has 2 fully saturated rings. The second-order valence-electron chi connectivity index (χ2n) is 14.8. The van der Waals surface area contributed by atoms with E-state index in [4.69, 9.17) is 29.8 Å². The van der Waals surface area contributed by atoms with E-state index in [1.165, 1.54) is 23.5 Å². The van der Waals surface area contributed by atoms with Crippen LogP contribution in [0.4, 0.5) is 9.59 Å². The number of carboxylic acid groups (broad SMARTS) is 1. The monoisotopic (exact) mass is 696 g/mol. The van der Waals surface area contributed by atoms with Gasteiger partial charge in [0.2, 0.25) is 0 Å². The summed E-state index contributed by atoms with van der Waals surface area (Å²) in [6, 6.07) is 7.06. The lowest BCUT2D eigenvalue weighted by molar-refractivity contribution is -0.0142. The number of carbonyl (C=O) groups is 2. The number of ether oxygens (including phenoxy) is 3. The summed E-state index contributed by atoms with van der Waals surface area (Å²) in [7, 11) is 0. The number of aromatic nitrogens is 2. The van der Waals surface area contributed by atoms with Crippen molar-refractivity contribution < 1.29 is 28.9 Å². The summed E-state index contributed by atoms with van der Waals surface area (Å²) in [6.45, 7) is 26.8. The molecule has 0 aliphatic carbocycles. The van der Waals surface area contributed by atoms with Gasteiger partial charge in [-0.25, -0.2) is 9.59 Å². The van der Waals surface area contributed by atoms with Gasteiger partial charge in [-0.3, -0.25) is 9.97 Å². The highest BCUT2D eigenvalue weighted by Crippen LogP contribution is 2.24. The van der Waals surface area contributed by atoms with Crippen molar-refractivity contribution in [3.8, 4) is 23.6 Å². The number of hydrogen-bond acceptors (Lipinski definition) is 9. The summed E-state index contributed by atoms with van der Waals surface area (Å²) in [5.41, 5.74) is 0.337. The van der Waals surface area contributed by atoms with E-state index in [0.29, 0.717) is 42.3 Å². The molecule has 0 spiro atoms. The third-order valence-electron chi connectivity index (χ3n) is 5.83. The highest BCUT2D eigenvalue weighted by Gasteiger charge is 2.36. The zero-order valence-corrected chi connectivity index (χ0v) is 32.3. The predicted octanol–water partition coefficient (Wildman–Crippen LogP) is 8.41. The van der Waals surface area contributed by atoms with Gasteiger partial charge in [-0.1, -0.05) is 62.3 Å². The summed E-state index contributed by atoms with van der Waals surface area (Å²) in [5, 5.41) is 26.6. The van der Waals surface area contributed by atoms with Crippen LogP contribution in [0.2, 0.25) is 0 Å². The van der Waals surface area contributed by atoms with Crippen LogP contribution in [-0.2, 0) is 4.74 Å². The van der Waals surface area contributed by atoms with Crippen LogP contribution < -0.4 is 9.47 Å². The number of amides is 2. The lowest BCUT2D eigenvalue weighted by Crippen LogP contribution is -2.55. The van der Waals surface area contributed by atoms with Gasteiger partial charge >= 0.3 is 12.2 Å². The Balaban J connectivity index is 0.000000735. The molecule has 2 aromatic rings. The highest BCUT2D eigenvalue weighted by atomic mass is 16.6. The summed E-state index contributed by atoms with van der Waals surface area (Å²) in [6.07, 6.45) is 6.42. The zero-order chi connectivity index (χ0) is 38.4. The first kappa shape index (κ1) is 45.4. The summed E-state index contributed by atoms with van der Waals surface area (Å²) in [4.78, 5) is 33.5. The molecule has 0 radical (unpaired) electrons. The molecular weight excluding hydrogens is 636 g/mol. The lowest BCUT2D eigenvalue weighted by atomic mass is 10.1. The maximum absolute atomic E-state index is 12.0. The molecule has 0 saturated carbocycles. The molecular formula is C38H60N6O6. The molecule has 2 atom stereocenters. The standard InChI is InChI=1S/C15H19N3O3.C11H11N3O3.3C4H10/c1-15(2,3)21-14(19)18-7-5-12(18)10-20-13-9-17-6-4-11(13)8-16;12-5-8-1-3-13-6-10(8)17-7-9-2-4-14(9)11(15)16;3*1-4(2)3/h4,6,9,12H,5,7,10H2,1-3H3;1,3,6,9H,2,4,7H2,(H,15,16);3*4H,1-3H3/t12-;9-;;;/m11.../s1. The number of rotatable bonds is 6. The van der Waals surface area contributed by atoms with Gasteiger partial charge in [0, 0.05) is 25.5 Å². The predicted molar refractivity (Wildman–Crippen MR) is 195 cm³/mol. The first-order valence-electron chi connectivity index (χ1n) is 17.3. The minimum Gasteiger partial charge on any atom is -0.488 e. The van der Waals surface area contributed by atoms with E-state index >= 15 is 0 Å². The summed E-state index contributed by atoms with van der Waals surface area (Å²) < 4.78 is 16.4. The molecule has 1 N–H and O–H groups in total. The van der Waals surface area contributed by atoms with Crippen LogP contribution in [0.25, 0.3) is 0 Å². The molecule has 2 saturated heterocycles. The van der Waals surface area contributed by atoms with E-state index in [-0.39, 0.29) is 24.8 Å². The van der Waals surface area contributed by atoms with Gasteiger partial charge in [0.15, 0.2) is 11.5 Å². The van der Waals surface area contributed by atoms with Gasteiger partial charge < -0.3 is 29.1 Å². The molecule has 0 aromatic carbocycles. The van der Waals surface area contributed by atoms with Crippen molar-refractivity contribution in [1.82, 2.24) is 19.8 Å². The second kappa shape index (κ2) is 23.7. The fourth-order valence-electron chi connectivity index (χ4n) is 3.59. The first-order valence-corrected chi connectivity index (χ1v) is 17.3. The second-order valence-corrected chi connectivity index (χ2v) is 14.8. The fraction of sp³-hybridized carbons (Fsp3) is 0.632. The number of nitrogens with zero attached hydrogens (tertiary/aromatic N) is 6. The summed E-state index contributed by atoms with van der Waals surface area (Å²) >= 11 is 0. The van der Waals surface area contributed by atoms with Gasteiger partial charge in [-0.2, -0.15) is 10.5 Å². The smallest absolute Gasteiger partial charge is 0.410 e. The number of likely N-dealkylation sites (tertiary alicyclic amines) is 2. The minimum atomic E-state index is -0.934. The molecule has 278 valence electrons. The maximum Gasteiger partial charge on any atom is 0.410 e. The Labute approximate surface area is 300 Å². The fourth-order valence-corrected chi connectivity index (χ4v) is 3.59. The van der Waals surface area contributed by atoms with Gasteiger partial charge in [-0.05, 0) is 63.5 Å². The number of pyridine rings is 2. The van der Waals surface area contributed by atoms with Gasteiger partial charge in [0.25, 0.3) is 0 Å². The van der Waals surface area contributed by atoms with Gasteiger partial charge in [0.05, 0.1) is 35.6 Å². The Bertz CT molecular complexity index is 1340. The molecule has 12 nitrogen and oxygen atoms in total. The molecule has 0 bridgehead atoms. The van der Waals surface area contributed by atoms with Crippen molar-refractivity contribution in [2.24, 2.45) is 17.8 Å². The van der Waals surface area contributed by atoms with Crippen molar-refractivity contribution in [2.45, 2.75) is 114 Å². The SMILES string of the molecule is CC(C)(C)OC(=O)N1CC[C@@H]1COc1cnccc1C#N.CC(C)C.CC(C)C.CC(C)C.N#Cc1ccncc1OC[C@H]1CCN1C(=O)O. The van der Waals surface area contributed by atoms with Crippen LogP contribution in [0.1, 0.15) is 107 Å². The van der Waals surface area contributed by atoms with E-state index in [2.05, 4.69) is 78.4 Å². The average Bonchev–Trinajstić information content (AvgIpc) is 2.95. The van der Waals surface area contributed by atoms with Crippen molar-refractivity contribution in [3.63, 3.8) is 0 Å². The maximum atomic E-state index is 12.0. The van der Waals surface area contributed by atoms with Crippen molar-refractivity contribution in [2.75, 3.05) is 26.3 Å². The number of carbonyl (C=O) groups excluding carboxylic acids is 1. The van der Waals surface area contributed by atoms with Crippen molar-refractivity contribution in [1.29, 1.82) is 10.5 Å². The van der Waals surface area contributed by atoms with Gasteiger partial charge in [0.1, 0.15) is 31.0 Å². The van der Waals surface area contributed by atoms with E-state index < -0.39 is 11.7 Å². The van der Waals surface area contributed by atoms with Gasteiger partial charge in [-0.15, -0.1) is 0 Å². The molecule has 0 unspecified atom stereocenters. The van der Waals surface area contributed by atoms with E-state index in [0.717, 1.165) is 30.6 Å². The molecule has 2 aliphatic rings. The lowest BCUT2D eigenvalue weighted by Gasteiger charge is -2.41. The Kier molecular flexibility index (Phi) is 21.5.